The highest BCUT2D eigenvalue weighted by atomic mass is 32.1. The molecule has 0 unspecified atom stereocenters. The van der Waals surface area contributed by atoms with Gasteiger partial charge in [-0.3, -0.25) is 9.59 Å². The molecule has 2 N–H and O–H groups in total. The summed E-state index contributed by atoms with van der Waals surface area (Å²) >= 11 is 1.65. The van der Waals surface area contributed by atoms with E-state index >= 15 is 0 Å². The number of aromatic nitrogens is 1. The van der Waals surface area contributed by atoms with Crippen LogP contribution in [-0.2, 0) is 17.8 Å². The summed E-state index contributed by atoms with van der Waals surface area (Å²) in [5.74, 6) is -0.0874. The van der Waals surface area contributed by atoms with Crippen LogP contribution in [0.1, 0.15) is 67.2 Å². The van der Waals surface area contributed by atoms with E-state index in [4.69, 9.17) is 5.73 Å². The van der Waals surface area contributed by atoms with Gasteiger partial charge in [-0.25, -0.2) is 0 Å². The monoisotopic (exact) mass is 401 g/mol. The van der Waals surface area contributed by atoms with Crippen molar-refractivity contribution in [3.63, 3.8) is 0 Å². The highest BCUT2D eigenvalue weighted by Gasteiger charge is 2.25. The Balaban J connectivity index is 1.91. The average Bonchev–Trinajstić information content (AvgIpc) is 3.37. The van der Waals surface area contributed by atoms with Crippen LogP contribution in [0.2, 0.25) is 0 Å². The fraction of sp³-hybridized carbons (Fsp3) is 0.545. The van der Waals surface area contributed by atoms with Gasteiger partial charge in [-0.05, 0) is 44.1 Å². The average molecular weight is 402 g/mol. The zero-order valence-corrected chi connectivity index (χ0v) is 17.8. The highest BCUT2D eigenvalue weighted by molar-refractivity contribution is 7.13. The molecule has 1 fully saturated rings. The third kappa shape index (κ3) is 4.32. The lowest BCUT2D eigenvalue weighted by molar-refractivity contribution is -0.127. The van der Waals surface area contributed by atoms with Crippen molar-refractivity contribution >= 4 is 23.2 Å². The molecule has 2 aromatic rings. The molecule has 2 aromatic heterocycles. The molecule has 0 saturated carbocycles. The minimum atomic E-state index is -0.355. The molecule has 152 valence electrons. The van der Waals surface area contributed by atoms with Gasteiger partial charge in [-0.2, -0.15) is 0 Å². The number of likely N-dealkylation sites (tertiary alicyclic amines) is 1. The molecular formula is C22H31N3O2S. The van der Waals surface area contributed by atoms with Crippen molar-refractivity contribution in [2.24, 2.45) is 5.73 Å². The van der Waals surface area contributed by atoms with Gasteiger partial charge in [0, 0.05) is 47.9 Å². The normalized spacial score (nSPS) is 14.2. The van der Waals surface area contributed by atoms with E-state index in [1.807, 2.05) is 23.3 Å². The minimum absolute atomic E-state index is 0.268. The number of amides is 2. The summed E-state index contributed by atoms with van der Waals surface area (Å²) in [4.78, 5) is 27.3. The van der Waals surface area contributed by atoms with E-state index in [9.17, 15) is 9.59 Å². The van der Waals surface area contributed by atoms with Crippen molar-refractivity contribution in [2.45, 2.75) is 65.3 Å². The Kier molecular flexibility index (Phi) is 6.94. The highest BCUT2D eigenvalue weighted by Crippen LogP contribution is 2.36. The Bertz CT molecular complexity index is 823. The second-order valence-electron chi connectivity index (χ2n) is 7.57. The minimum Gasteiger partial charge on any atom is -0.366 e. The fourth-order valence-corrected chi connectivity index (χ4v) is 5.05. The lowest BCUT2D eigenvalue weighted by atomic mass is 10.0. The smallest absolute Gasteiger partial charge is 0.251 e. The van der Waals surface area contributed by atoms with Crippen LogP contribution in [0.4, 0.5) is 0 Å². The molecule has 1 aliphatic heterocycles. The molecule has 3 heterocycles. The summed E-state index contributed by atoms with van der Waals surface area (Å²) < 4.78 is 2.28. The second kappa shape index (κ2) is 9.41. The number of nitrogens with two attached hydrogens (primary N) is 1. The standard InChI is InChI=1S/C22H31N3O2S/c1-3-4-5-9-17-21(18-10-7-15-28-18)20(22(23)27)16(2)25(17)14-8-13-24-12-6-11-19(24)26/h7,10,15H,3-6,8-9,11-14H2,1-2H3,(H2,23,27). The van der Waals surface area contributed by atoms with E-state index in [1.165, 1.54) is 12.1 Å². The molecule has 0 aliphatic carbocycles. The van der Waals surface area contributed by atoms with E-state index < -0.39 is 0 Å². The molecule has 6 heteroatoms. The van der Waals surface area contributed by atoms with Crippen LogP contribution in [0.3, 0.4) is 0 Å². The number of rotatable bonds is 10. The second-order valence-corrected chi connectivity index (χ2v) is 8.52. The van der Waals surface area contributed by atoms with Gasteiger partial charge in [-0.15, -0.1) is 11.3 Å². The first-order chi connectivity index (χ1) is 13.5. The van der Waals surface area contributed by atoms with Crippen LogP contribution in [-0.4, -0.2) is 34.4 Å². The Morgan fingerprint density at radius 2 is 2.07 bits per heavy atom. The zero-order valence-electron chi connectivity index (χ0n) is 17.0. The van der Waals surface area contributed by atoms with Gasteiger partial charge in [0.25, 0.3) is 5.91 Å². The summed E-state index contributed by atoms with van der Waals surface area (Å²) in [7, 11) is 0. The quantitative estimate of drug-likeness (QED) is 0.601. The molecule has 0 radical (unpaired) electrons. The van der Waals surface area contributed by atoms with Crippen LogP contribution < -0.4 is 5.73 Å². The Hall–Kier alpha value is -2.08. The molecule has 0 bridgehead atoms. The summed E-state index contributed by atoms with van der Waals surface area (Å²) in [5, 5.41) is 2.04. The maximum atomic E-state index is 12.3. The number of unbranched alkanes of at least 4 members (excludes halogenated alkanes) is 2. The van der Waals surface area contributed by atoms with Gasteiger partial charge in [0.05, 0.1) is 5.56 Å². The first-order valence-corrected chi connectivity index (χ1v) is 11.3. The van der Waals surface area contributed by atoms with E-state index in [1.54, 1.807) is 11.3 Å². The van der Waals surface area contributed by atoms with Crippen molar-refractivity contribution in [3.8, 4) is 10.4 Å². The van der Waals surface area contributed by atoms with Crippen LogP contribution >= 0.6 is 11.3 Å². The van der Waals surface area contributed by atoms with E-state index in [-0.39, 0.29) is 11.8 Å². The predicted octanol–water partition coefficient (Wildman–Crippen LogP) is 4.37. The predicted molar refractivity (Wildman–Crippen MR) is 115 cm³/mol. The molecular weight excluding hydrogens is 370 g/mol. The number of nitrogens with zero attached hydrogens (tertiary/aromatic N) is 2. The van der Waals surface area contributed by atoms with Crippen molar-refractivity contribution in [1.29, 1.82) is 0 Å². The van der Waals surface area contributed by atoms with Crippen molar-refractivity contribution in [3.05, 3.63) is 34.5 Å². The topological polar surface area (TPSA) is 68.3 Å². The fourth-order valence-electron chi connectivity index (χ4n) is 4.25. The molecule has 5 nitrogen and oxygen atoms in total. The molecule has 3 rings (SSSR count). The lowest BCUT2D eigenvalue weighted by Crippen LogP contribution is -2.26. The SMILES string of the molecule is CCCCCc1c(-c2cccs2)c(C(N)=O)c(C)n1CCCN1CCCC1=O. The summed E-state index contributed by atoms with van der Waals surface area (Å²) in [6.07, 6.45) is 6.91. The molecule has 0 aromatic carbocycles. The largest absolute Gasteiger partial charge is 0.366 e. The molecule has 1 saturated heterocycles. The number of carbonyl (C=O) groups is 2. The maximum absolute atomic E-state index is 12.3. The Morgan fingerprint density at radius 3 is 2.68 bits per heavy atom. The van der Waals surface area contributed by atoms with Crippen LogP contribution in [0, 0.1) is 6.92 Å². The number of hydrogen-bond donors (Lipinski definition) is 1. The van der Waals surface area contributed by atoms with Gasteiger partial charge in [0.15, 0.2) is 0 Å². The number of carbonyl (C=O) groups excluding carboxylic acids is 2. The maximum Gasteiger partial charge on any atom is 0.251 e. The van der Waals surface area contributed by atoms with Crippen molar-refractivity contribution < 1.29 is 9.59 Å². The van der Waals surface area contributed by atoms with Crippen molar-refractivity contribution in [1.82, 2.24) is 9.47 Å². The van der Waals surface area contributed by atoms with Crippen molar-refractivity contribution in [2.75, 3.05) is 13.1 Å². The molecule has 1 aliphatic rings. The Morgan fingerprint density at radius 1 is 1.25 bits per heavy atom. The molecule has 28 heavy (non-hydrogen) atoms. The summed E-state index contributed by atoms with van der Waals surface area (Å²) in [6.45, 7) is 6.67. The van der Waals surface area contributed by atoms with Crippen LogP contribution in [0.5, 0.6) is 0 Å². The molecule has 0 spiro atoms. The number of primary amides is 1. The first kappa shape index (κ1) is 20.6. The van der Waals surface area contributed by atoms with Crippen LogP contribution in [0.15, 0.2) is 17.5 Å². The summed E-state index contributed by atoms with van der Waals surface area (Å²) in [5.41, 5.74) is 9.66. The zero-order chi connectivity index (χ0) is 20.1. The van der Waals surface area contributed by atoms with E-state index in [0.717, 1.165) is 67.9 Å². The van der Waals surface area contributed by atoms with Gasteiger partial charge in [0.2, 0.25) is 5.91 Å². The van der Waals surface area contributed by atoms with Gasteiger partial charge in [-0.1, -0.05) is 25.8 Å². The van der Waals surface area contributed by atoms with Crippen LogP contribution in [0.25, 0.3) is 10.4 Å². The summed E-state index contributed by atoms with van der Waals surface area (Å²) in [6, 6.07) is 4.09. The lowest BCUT2D eigenvalue weighted by Gasteiger charge is -2.17. The van der Waals surface area contributed by atoms with E-state index in [0.29, 0.717) is 12.0 Å². The van der Waals surface area contributed by atoms with Gasteiger partial charge >= 0.3 is 0 Å². The third-order valence-corrected chi connectivity index (χ3v) is 6.53. The molecule has 2 amide bonds. The van der Waals surface area contributed by atoms with Gasteiger partial charge < -0.3 is 15.2 Å². The van der Waals surface area contributed by atoms with E-state index in [2.05, 4.69) is 17.6 Å². The molecule has 0 atom stereocenters. The number of thiophene rings is 1. The first-order valence-electron chi connectivity index (χ1n) is 10.4. The Labute approximate surface area is 171 Å². The number of hydrogen-bond acceptors (Lipinski definition) is 3. The van der Waals surface area contributed by atoms with Gasteiger partial charge in [0.1, 0.15) is 0 Å². The third-order valence-electron chi connectivity index (χ3n) is 5.64.